The molecule has 0 amide bonds. The molecule has 0 fully saturated rings. The average Bonchev–Trinajstić information content (AvgIpc) is 2.54. The van der Waals surface area contributed by atoms with Gasteiger partial charge in [-0.1, -0.05) is 46.3 Å². The molecule has 0 aliphatic rings. The van der Waals surface area contributed by atoms with Crippen LogP contribution in [0.5, 0.6) is 5.75 Å². The summed E-state index contributed by atoms with van der Waals surface area (Å²) in [4.78, 5) is 21.9. The molecule has 0 aliphatic heterocycles. The molecular formula is C17H14BrNO5. The van der Waals surface area contributed by atoms with Crippen molar-refractivity contribution in [2.24, 2.45) is 0 Å². The summed E-state index contributed by atoms with van der Waals surface area (Å²) < 4.78 is 6.48. The molecule has 0 saturated carbocycles. The molecule has 6 nitrogen and oxygen atoms in total. The molecule has 0 atom stereocenters. The highest BCUT2D eigenvalue weighted by Gasteiger charge is 2.13. The van der Waals surface area contributed by atoms with Crippen molar-refractivity contribution in [3.63, 3.8) is 0 Å². The van der Waals surface area contributed by atoms with Gasteiger partial charge in [0.25, 0.3) is 0 Å². The number of halogens is 1. The molecule has 2 aromatic carbocycles. The molecule has 3 N–H and O–H groups in total. The van der Waals surface area contributed by atoms with Crippen molar-refractivity contribution in [3.8, 4) is 5.75 Å². The van der Waals surface area contributed by atoms with E-state index in [0.717, 1.165) is 10.0 Å². The van der Waals surface area contributed by atoms with Crippen molar-refractivity contribution < 1.29 is 24.5 Å². The monoisotopic (exact) mass is 391 g/mol. The van der Waals surface area contributed by atoms with E-state index in [1.807, 2.05) is 30.3 Å². The van der Waals surface area contributed by atoms with Crippen molar-refractivity contribution in [1.82, 2.24) is 0 Å². The highest BCUT2D eigenvalue weighted by Crippen LogP contribution is 2.30. The Hall–Kier alpha value is -2.80. The number of aliphatic carboxylic acids is 2. The van der Waals surface area contributed by atoms with Crippen LogP contribution in [0.25, 0.3) is 0 Å². The molecule has 0 saturated heterocycles. The minimum Gasteiger partial charge on any atom is -0.487 e. The summed E-state index contributed by atoms with van der Waals surface area (Å²) >= 11 is 3.33. The number of carboxylic acids is 2. The molecule has 0 radical (unpaired) electrons. The first-order chi connectivity index (χ1) is 11.5. The van der Waals surface area contributed by atoms with Gasteiger partial charge in [-0.05, 0) is 23.8 Å². The van der Waals surface area contributed by atoms with E-state index in [1.54, 1.807) is 18.2 Å². The molecule has 24 heavy (non-hydrogen) atoms. The highest BCUT2D eigenvalue weighted by atomic mass is 79.9. The van der Waals surface area contributed by atoms with Gasteiger partial charge >= 0.3 is 11.9 Å². The molecule has 0 aliphatic carbocycles. The van der Waals surface area contributed by atoms with E-state index >= 15 is 0 Å². The van der Waals surface area contributed by atoms with Crippen LogP contribution in [0.4, 0.5) is 5.69 Å². The van der Waals surface area contributed by atoms with E-state index in [9.17, 15) is 9.59 Å². The van der Waals surface area contributed by atoms with E-state index in [1.165, 1.54) is 0 Å². The van der Waals surface area contributed by atoms with Gasteiger partial charge in [0, 0.05) is 4.47 Å². The van der Waals surface area contributed by atoms with E-state index < -0.39 is 17.6 Å². The number of carbonyl (C=O) groups is 2. The smallest absolute Gasteiger partial charge is 0.352 e. The van der Waals surface area contributed by atoms with Crippen molar-refractivity contribution >= 4 is 33.6 Å². The second-order valence-corrected chi connectivity index (χ2v) is 5.66. The van der Waals surface area contributed by atoms with Gasteiger partial charge in [-0.15, -0.1) is 0 Å². The molecule has 0 unspecified atom stereocenters. The largest absolute Gasteiger partial charge is 0.487 e. The van der Waals surface area contributed by atoms with Gasteiger partial charge in [0.2, 0.25) is 0 Å². The summed E-state index contributed by atoms with van der Waals surface area (Å²) in [5, 5.41) is 20.4. The van der Waals surface area contributed by atoms with Crippen LogP contribution in [-0.2, 0) is 16.2 Å². The normalized spacial score (nSPS) is 11.0. The molecular weight excluding hydrogens is 378 g/mol. The maximum atomic E-state index is 11.2. The zero-order valence-corrected chi connectivity index (χ0v) is 14.0. The lowest BCUT2D eigenvalue weighted by molar-refractivity contribution is -0.134. The Bertz CT molecular complexity index is 774. The van der Waals surface area contributed by atoms with Crippen molar-refractivity contribution in [3.05, 3.63) is 70.3 Å². The number of benzene rings is 2. The third-order valence-corrected chi connectivity index (χ3v) is 3.44. The fourth-order valence-electron chi connectivity index (χ4n) is 1.87. The van der Waals surface area contributed by atoms with Gasteiger partial charge in [-0.3, -0.25) is 0 Å². The third-order valence-electron chi connectivity index (χ3n) is 2.95. The average molecular weight is 392 g/mol. The Labute approximate surface area is 146 Å². The lowest BCUT2D eigenvalue weighted by Gasteiger charge is -2.14. The van der Waals surface area contributed by atoms with E-state index in [0.29, 0.717) is 17.5 Å². The number of hydrogen-bond donors (Lipinski definition) is 3. The Kier molecular flexibility index (Phi) is 5.97. The van der Waals surface area contributed by atoms with Crippen LogP contribution in [0.3, 0.4) is 0 Å². The second kappa shape index (κ2) is 8.16. The van der Waals surface area contributed by atoms with Gasteiger partial charge in [0.05, 0.1) is 11.8 Å². The zero-order chi connectivity index (χ0) is 17.5. The predicted octanol–water partition coefficient (Wildman–Crippen LogP) is 3.49. The minimum absolute atomic E-state index is 0.289. The number of rotatable bonds is 7. The van der Waals surface area contributed by atoms with Gasteiger partial charge in [-0.2, -0.15) is 0 Å². The van der Waals surface area contributed by atoms with E-state index in [4.69, 9.17) is 14.9 Å². The van der Waals surface area contributed by atoms with Crippen molar-refractivity contribution in [2.75, 3.05) is 5.32 Å². The van der Waals surface area contributed by atoms with Gasteiger partial charge in [-0.25, -0.2) is 9.59 Å². The number of nitrogens with one attached hydrogen (secondary N) is 1. The molecule has 2 aromatic rings. The number of ether oxygens (including phenoxy) is 1. The minimum atomic E-state index is -1.38. The van der Waals surface area contributed by atoms with E-state index in [2.05, 4.69) is 21.2 Å². The fourth-order valence-corrected chi connectivity index (χ4v) is 2.21. The van der Waals surface area contributed by atoms with Crippen LogP contribution in [0, 0.1) is 0 Å². The van der Waals surface area contributed by atoms with Crippen LogP contribution in [-0.4, -0.2) is 22.2 Å². The second-order valence-electron chi connectivity index (χ2n) is 4.74. The molecule has 7 heteroatoms. The maximum Gasteiger partial charge on any atom is 0.352 e. The van der Waals surface area contributed by atoms with Crippen molar-refractivity contribution in [2.45, 2.75) is 6.61 Å². The quantitative estimate of drug-likeness (QED) is 0.625. The first-order valence-corrected chi connectivity index (χ1v) is 7.66. The number of hydrogen-bond acceptors (Lipinski definition) is 4. The highest BCUT2D eigenvalue weighted by molar-refractivity contribution is 9.10. The first kappa shape index (κ1) is 17.6. The standard InChI is InChI=1S/C17H14BrNO5/c18-12-6-7-13(19-14(17(22)23)9-16(20)21)15(8-12)24-10-11-4-2-1-3-5-11/h1-9,19H,10H2,(H,20,21)(H,22,23). The van der Waals surface area contributed by atoms with Gasteiger partial charge in [0.1, 0.15) is 18.1 Å². The fraction of sp³-hybridized carbons (Fsp3) is 0.0588. The Morgan fingerprint density at radius 1 is 1.12 bits per heavy atom. The van der Waals surface area contributed by atoms with Crippen LogP contribution < -0.4 is 10.1 Å². The Morgan fingerprint density at radius 2 is 1.83 bits per heavy atom. The van der Waals surface area contributed by atoms with Crippen molar-refractivity contribution in [1.29, 1.82) is 0 Å². The summed E-state index contributed by atoms with van der Waals surface area (Å²) in [6.07, 6.45) is 0.589. The lowest BCUT2D eigenvalue weighted by atomic mass is 10.2. The topological polar surface area (TPSA) is 95.9 Å². The Balaban J connectivity index is 2.23. The SMILES string of the molecule is O=C(O)C=C(Nc1ccc(Br)cc1OCc1ccccc1)C(=O)O. The van der Waals surface area contributed by atoms with Crippen LogP contribution >= 0.6 is 15.9 Å². The molecule has 124 valence electrons. The van der Waals surface area contributed by atoms with E-state index in [-0.39, 0.29) is 6.61 Å². The number of carboxylic acid groups (broad SMARTS) is 2. The molecule has 0 spiro atoms. The number of anilines is 1. The summed E-state index contributed by atoms with van der Waals surface area (Å²) in [5.41, 5.74) is 0.835. The molecule has 0 heterocycles. The van der Waals surface area contributed by atoms with Gasteiger partial charge in [0.15, 0.2) is 0 Å². The Morgan fingerprint density at radius 3 is 2.46 bits per heavy atom. The van der Waals surface area contributed by atoms with Crippen LogP contribution in [0.2, 0.25) is 0 Å². The summed E-state index contributed by atoms with van der Waals surface area (Å²) in [5.74, 6) is -2.34. The summed E-state index contributed by atoms with van der Waals surface area (Å²) in [6, 6.07) is 14.4. The lowest BCUT2D eigenvalue weighted by Crippen LogP contribution is -2.13. The van der Waals surface area contributed by atoms with Crippen LogP contribution in [0.1, 0.15) is 5.56 Å². The summed E-state index contributed by atoms with van der Waals surface area (Å²) in [7, 11) is 0. The maximum absolute atomic E-state index is 11.2. The molecule has 0 bridgehead atoms. The molecule has 2 rings (SSSR count). The predicted molar refractivity (Wildman–Crippen MR) is 91.9 cm³/mol. The zero-order valence-electron chi connectivity index (χ0n) is 12.4. The summed E-state index contributed by atoms with van der Waals surface area (Å²) in [6.45, 7) is 0.289. The third kappa shape index (κ3) is 5.13. The van der Waals surface area contributed by atoms with Gasteiger partial charge < -0.3 is 20.3 Å². The first-order valence-electron chi connectivity index (χ1n) is 6.87. The van der Waals surface area contributed by atoms with Crippen LogP contribution in [0.15, 0.2) is 64.8 Å². The molecule has 0 aromatic heterocycles.